The highest BCUT2D eigenvalue weighted by atomic mass is 19.1. The van der Waals surface area contributed by atoms with E-state index in [-0.39, 0.29) is 23.5 Å². The highest BCUT2D eigenvalue weighted by Gasteiger charge is 2.31. The summed E-state index contributed by atoms with van der Waals surface area (Å²) in [6, 6.07) is 13.7. The third kappa shape index (κ3) is 5.07. The fraction of sp³-hybridized carbons (Fsp3) is 0.409. The molecule has 3 rings (SSSR count). The molecule has 0 saturated carbocycles. The molecule has 0 radical (unpaired) electrons. The second-order valence-corrected chi connectivity index (χ2v) is 7.61. The maximum atomic E-state index is 13.2. The Morgan fingerprint density at radius 3 is 2.26 bits per heavy atom. The first kappa shape index (κ1) is 19.4. The lowest BCUT2D eigenvalue weighted by molar-refractivity contribution is -0.134. The van der Waals surface area contributed by atoms with Crippen molar-refractivity contribution in [3.05, 3.63) is 65.5 Å². The molecular weight excluding hydrogens is 343 g/mol. The molecule has 144 valence electrons. The smallest absolute Gasteiger partial charge is 0.224 e. The molecule has 1 aliphatic heterocycles. The Balaban J connectivity index is 1.75. The molecule has 2 aromatic carbocycles. The minimum atomic E-state index is -0.263. The lowest BCUT2D eigenvalue weighted by Gasteiger charge is -2.35. The van der Waals surface area contributed by atoms with Crippen LogP contribution in [0.1, 0.15) is 31.4 Å². The van der Waals surface area contributed by atoms with Gasteiger partial charge in [-0.25, -0.2) is 4.39 Å². The Hall–Kier alpha value is -2.40. The van der Waals surface area contributed by atoms with Gasteiger partial charge in [0.2, 0.25) is 5.91 Å². The number of carbonyl (C=O) groups is 1. The molecule has 0 bridgehead atoms. The number of benzene rings is 2. The number of nitrogens with zero attached hydrogens (tertiary/aromatic N) is 2. The maximum Gasteiger partial charge on any atom is 0.224 e. The highest BCUT2D eigenvalue weighted by Crippen LogP contribution is 2.22. The number of rotatable bonds is 5. The molecule has 1 atom stereocenters. The van der Waals surface area contributed by atoms with Gasteiger partial charge in [-0.15, -0.1) is 0 Å². The van der Waals surface area contributed by atoms with Crippen molar-refractivity contribution >= 4 is 5.91 Å². The summed E-state index contributed by atoms with van der Waals surface area (Å²) in [4.78, 5) is 17.1. The Bertz CT molecular complexity index is 759. The number of aromatic hydroxyl groups is 1. The molecule has 2 aromatic rings. The van der Waals surface area contributed by atoms with Crippen molar-refractivity contribution in [1.29, 1.82) is 0 Å². The van der Waals surface area contributed by atoms with Crippen LogP contribution in [0, 0.1) is 11.7 Å². The highest BCUT2D eigenvalue weighted by molar-refractivity contribution is 5.77. The van der Waals surface area contributed by atoms with Crippen LogP contribution in [0.15, 0.2) is 48.5 Å². The number of phenols is 1. The van der Waals surface area contributed by atoms with Crippen LogP contribution in [0.4, 0.5) is 4.39 Å². The van der Waals surface area contributed by atoms with E-state index in [0.29, 0.717) is 25.4 Å². The molecule has 0 spiro atoms. The van der Waals surface area contributed by atoms with Gasteiger partial charge in [0.1, 0.15) is 11.6 Å². The monoisotopic (exact) mass is 370 g/mol. The normalized spacial score (nSPS) is 18.7. The molecule has 1 N–H and O–H groups in total. The van der Waals surface area contributed by atoms with E-state index in [1.807, 2.05) is 17.0 Å². The van der Waals surface area contributed by atoms with Gasteiger partial charge in [0, 0.05) is 38.6 Å². The van der Waals surface area contributed by atoms with E-state index in [1.165, 1.54) is 12.1 Å². The van der Waals surface area contributed by atoms with Crippen LogP contribution in [0.3, 0.4) is 0 Å². The van der Waals surface area contributed by atoms with Gasteiger partial charge < -0.3 is 10.0 Å². The number of halogens is 1. The van der Waals surface area contributed by atoms with Gasteiger partial charge in [0.25, 0.3) is 0 Å². The van der Waals surface area contributed by atoms with Crippen LogP contribution in [0.25, 0.3) is 0 Å². The first-order chi connectivity index (χ1) is 12.9. The summed E-state index contributed by atoms with van der Waals surface area (Å²) < 4.78 is 13.2. The molecule has 4 nitrogen and oxygen atoms in total. The van der Waals surface area contributed by atoms with E-state index in [2.05, 4.69) is 18.7 Å². The largest absolute Gasteiger partial charge is 0.508 e. The Labute approximate surface area is 160 Å². The summed E-state index contributed by atoms with van der Waals surface area (Å²) in [6.45, 7) is 7.05. The van der Waals surface area contributed by atoms with Crippen molar-refractivity contribution in [2.24, 2.45) is 5.92 Å². The van der Waals surface area contributed by atoms with E-state index >= 15 is 0 Å². The molecule has 27 heavy (non-hydrogen) atoms. The molecule has 1 fully saturated rings. The molecule has 1 aliphatic rings. The van der Waals surface area contributed by atoms with Crippen LogP contribution in [0.2, 0.25) is 0 Å². The van der Waals surface area contributed by atoms with Crippen molar-refractivity contribution in [2.75, 3.05) is 13.1 Å². The predicted molar refractivity (Wildman–Crippen MR) is 104 cm³/mol. The van der Waals surface area contributed by atoms with Gasteiger partial charge in [0.05, 0.1) is 0 Å². The fourth-order valence-corrected chi connectivity index (χ4v) is 3.60. The average Bonchev–Trinajstić information content (AvgIpc) is 2.79. The minimum absolute atomic E-state index is 0.0992. The number of hydrogen-bond donors (Lipinski definition) is 1. The zero-order valence-electron chi connectivity index (χ0n) is 15.9. The number of hydrogen-bond acceptors (Lipinski definition) is 3. The Morgan fingerprint density at radius 2 is 1.63 bits per heavy atom. The zero-order chi connectivity index (χ0) is 19.4. The molecule has 5 heteroatoms. The second kappa shape index (κ2) is 8.53. The third-order valence-corrected chi connectivity index (χ3v) is 5.19. The second-order valence-electron chi connectivity index (χ2n) is 7.61. The van der Waals surface area contributed by atoms with Gasteiger partial charge in [-0.3, -0.25) is 9.69 Å². The van der Waals surface area contributed by atoms with Gasteiger partial charge >= 0.3 is 0 Å². The summed E-state index contributed by atoms with van der Waals surface area (Å²) in [7, 11) is 0. The third-order valence-electron chi connectivity index (χ3n) is 5.19. The van der Waals surface area contributed by atoms with Crippen molar-refractivity contribution in [3.8, 4) is 5.75 Å². The van der Waals surface area contributed by atoms with Crippen LogP contribution in [-0.2, 0) is 17.9 Å². The number of amides is 1. The molecule has 1 amide bonds. The lowest BCUT2D eigenvalue weighted by Crippen LogP contribution is -2.45. The van der Waals surface area contributed by atoms with Crippen LogP contribution < -0.4 is 0 Å². The molecular formula is C22H27FN2O2. The Kier molecular flexibility index (Phi) is 6.11. The minimum Gasteiger partial charge on any atom is -0.508 e. The number of phenolic OH excluding ortho intramolecular Hbond substituents is 1. The SMILES string of the molecule is CC(C)C1CN(Cc2ccc(O)cc2)CCC(=O)N1Cc1ccc(F)cc1. The standard InChI is InChI=1S/C22H27FN2O2/c1-16(2)21-15-24(13-17-5-9-20(26)10-6-17)12-11-22(27)25(21)14-18-3-7-19(23)8-4-18/h3-10,16,21,26H,11-15H2,1-2H3. The number of carbonyl (C=O) groups excluding carboxylic acids is 1. The molecule has 0 aliphatic carbocycles. The molecule has 1 saturated heterocycles. The van der Waals surface area contributed by atoms with E-state index < -0.39 is 0 Å². The summed E-state index contributed by atoms with van der Waals surface area (Å²) in [5, 5.41) is 9.46. The van der Waals surface area contributed by atoms with Crippen molar-refractivity contribution in [1.82, 2.24) is 9.80 Å². The zero-order valence-corrected chi connectivity index (χ0v) is 15.9. The van der Waals surface area contributed by atoms with Crippen LogP contribution in [-0.4, -0.2) is 39.9 Å². The first-order valence-electron chi connectivity index (χ1n) is 9.46. The van der Waals surface area contributed by atoms with Crippen LogP contribution >= 0.6 is 0 Å². The molecule has 1 unspecified atom stereocenters. The topological polar surface area (TPSA) is 43.8 Å². The van der Waals surface area contributed by atoms with Crippen molar-refractivity contribution < 1.29 is 14.3 Å². The fourth-order valence-electron chi connectivity index (χ4n) is 3.60. The summed E-state index contributed by atoms with van der Waals surface area (Å²) in [5.41, 5.74) is 2.07. The first-order valence-corrected chi connectivity index (χ1v) is 9.46. The molecule has 1 heterocycles. The summed E-state index contributed by atoms with van der Waals surface area (Å²) in [5.74, 6) is 0.456. The van der Waals surface area contributed by atoms with Gasteiger partial charge in [-0.05, 0) is 41.3 Å². The van der Waals surface area contributed by atoms with Gasteiger partial charge in [-0.1, -0.05) is 38.1 Å². The summed E-state index contributed by atoms with van der Waals surface area (Å²) in [6.07, 6.45) is 0.475. The van der Waals surface area contributed by atoms with Crippen molar-refractivity contribution in [2.45, 2.75) is 39.4 Å². The van der Waals surface area contributed by atoms with E-state index in [1.54, 1.807) is 24.3 Å². The lowest BCUT2D eigenvalue weighted by atomic mass is 10.0. The average molecular weight is 370 g/mol. The Morgan fingerprint density at radius 1 is 1.04 bits per heavy atom. The van der Waals surface area contributed by atoms with E-state index in [9.17, 15) is 14.3 Å². The quantitative estimate of drug-likeness (QED) is 0.871. The predicted octanol–water partition coefficient (Wildman–Crippen LogP) is 3.79. The van der Waals surface area contributed by atoms with Gasteiger partial charge in [-0.2, -0.15) is 0 Å². The van der Waals surface area contributed by atoms with E-state index in [4.69, 9.17) is 0 Å². The van der Waals surface area contributed by atoms with Gasteiger partial charge in [0.15, 0.2) is 0 Å². The van der Waals surface area contributed by atoms with Crippen LogP contribution in [0.5, 0.6) is 5.75 Å². The maximum absolute atomic E-state index is 13.2. The summed E-state index contributed by atoms with van der Waals surface area (Å²) >= 11 is 0. The van der Waals surface area contributed by atoms with Crippen molar-refractivity contribution in [3.63, 3.8) is 0 Å². The van der Waals surface area contributed by atoms with E-state index in [0.717, 1.165) is 24.2 Å². The molecule has 0 aromatic heterocycles.